The van der Waals surface area contributed by atoms with Crippen molar-refractivity contribution in [3.63, 3.8) is 0 Å². The molecule has 1 N–H and O–H groups in total. The Morgan fingerprint density at radius 2 is 2.08 bits per heavy atom. The molecule has 138 valence electrons. The number of H-pyrrole nitrogens is 1. The molecular weight excluding hydrogens is 344 g/mol. The molecule has 6 heteroatoms. The van der Waals surface area contributed by atoms with E-state index in [1.54, 1.807) is 6.08 Å². The third-order valence-electron chi connectivity index (χ3n) is 4.92. The van der Waals surface area contributed by atoms with E-state index in [0.29, 0.717) is 11.3 Å². The lowest BCUT2D eigenvalue weighted by Crippen LogP contribution is -2.39. The summed E-state index contributed by atoms with van der Waals surface area (Å²) in [4.78, 5) is 14.7. The predicted octanol–water partition coefficient (Wildman–Crippen LogP) is 4.33. The Bertz CT molecular complexity index is 850. The average molecular weight is 371 g/mol. The van der Waals surface area contributed by atoms with E-state index in [4.69, 9.17) is 12.2 Å². The fraction of sp³-hybridized carbons (Fsp3) is 0.450. The zero-order valence-electron chi connectivity index (χ0n) is 15.6. The van der Waals surface area contributed by atoms with Gasteiger partial charge in [-0.3, -0.25) is 9.89 Å². The van der Waals surface area contributed by atoms with Gasteiger partial charge >= 0.3 is 0 Å². The van der Waals surface area contributed by atoms with Crippen LogP contribution in [0.25, 0.3) is 5.57 Å². The average Bonchev–Trinajstić information content (AvgIpc) is 3.04. The highest BCUT2D eigenvalue weighted by Crippen LogP contribution is 2.28. The quantitative estimate of drug-likeness (QED) is 0.644. The Morgan fingerprint density at radius 1 is 1.35 bits per heavy atom. The van der Waals surface area contributed by atoms with E-state index >= 15 is 0 Å². The number of amides is 1. The van der Waals surface area contributed by atoms with Gasteiger partial charge in [-0.15, -0.1) is 0 Å². The van der Waals surface area contributed by atoms with Crippen molar-refractivity contribution < 1.29 is 4.79 Å². The van der Waals surface area contributed by atoms with Crippen LogP contribution in [0.5, 0.6) is 0 Å². The molecule has 1 fully saturated rings. The monoisotopic (exact) mass is 370 g/mol. The SMILES string of the molecule is C/C(=C/C(=O)N1CCCC(c2n[nH]c(=S)n2C(C)C)C1)c1ccccc1. The first kappa shape index (κ1) is 18.6. The van der Waals surface area contributed by atoms with Gasteiger partial charge < -0.3 is 9.47 Å². The molecule has 0 saturated carbocycles. The Kier molecular flexibility index (Phi) is 5.71. The maximum absolute atomic E-state index is 12.8. The summed E-state index contributed by atoms with van der Waals surface area (Å²) in [5.74, 6) is 1.25. The van der Waals surface area contributed by atoms with Crippen LogP contribution >= 0.6 is 12.2 Å². The van der Waals surface area contributed by atoms with Crippen molar-refractivity contribution in [3.8, 4) is 0 Å². The van der Waals surface area contributed by atoms with Gasteiger partial charge in [0.2, 0.25) is 5.91 Å². The lowest BCUT2D eigenvalue weighted by molar-refractivity contribution is -0.127. The fourth-order valence-electron chi connectivity index (χ4n) is 3.55. The minimum atomic E-state index is 0.0706. The molecule has 1 saturated heterocycles. The van der Waals surface area contributed by atoms with Crippen LogP contribution in [0.3, 0.4) is 0 Å². The molecule has 26 heavy (non-hydrogen) atoms. The topological polar surface area (TPSA) is 53.9 Å². The lowest BCUT2D eigenvalue weighted by Gasteiger charge is -2.32. The maximum atomic E-state index is 12.8. The summed E-state index contributed by atoms with van der Waals surface area (Å²) in [6.45, 7) is 7.67. The number of likely N-dealkylation sites (tertiary alicyclic amines) is 1. The number of nitrogens with one attached hydrogen (secondary N) is 1. The van der Waals surface area contributed by atoms with Gasteiger partial charge in [0.1, 0.15) is 5.82 Å². The molecule has 2 heterocycles. The number of hydrogen-bond donors (Lipinski definition) is 1. The summed E-state index contributed by atoms with van der Waals surface area (Å²) in [7, 11) is 0. The molecule has 1 amide bonds. The van der Waals surface area contributed by atoms with E-state index in [-0.39, 0.29) is 17.9 Å². The van der Waals surface area contributed by atoms with Gasteiger partial charge in [0, 0.05) is 31.1 Å². The number of carbonyl (C=O) groups excluding carboxylic acids is 1. The largest absolute Gasteiger partial charge is 0.338 e. The Morgan fingerprint density at radius 3 is 2.77 bits per heavy atom. The van der Waals surface area contributed by atoms with Gasteiger partial charge in [0.25, 0.3) is 0 Å². The minimum absolute atomic E-state index is 0.0706. The molecule has 1 atom stereocenters. The number of nitrogens with zero attached hydrogens (tertiary/aromatic N) is 3. The second-order valence-electron chi connectivity index (χ2n) is 7.17. The van der Waals surface area contributed by atoms with Crippen molar-refractivity contribution in [2.24, 2.45) is 0 Å². The number of aromatic amines is 1. The summed E-state index contributed by atoms with van der Waals surface area (Å²) in [5.41, 5.74) is 2.07. The van der Waals surface area contributed by atoms with Gasteiger partial charge in [0.05, 0.1) is 0 Å². The standard InChI is InChI=1S/C20H26N4OS/c1-14(2)24-19(21-22-20(24)26)17-10-7-11-23(13-17)18(25)12-15(3)16-8-5-4-6-9-16/h4-6,8-9,12,14,17H,7,10-11,13H2,1-3H3,(H,22,26)/b15-12-. The van der Waals surface area contributed by atoms with E-state index in [2.05, 4.69) is 28.6 Å². The van der Waals surface area contributed by atoms with Gasteiger partial charge in [0.15, 0.2) is 4.77 Å². The minimum Gasteiger partial charge on any atom is -0.338 e. The molecule has 1 aliphatic rings. The van der Waals surface area contributed by atoms with Crippen molar-refractivity contribution in [3.05, 3.63) is 52.6 Å². The Labute approximate surface area is 159 Å². The van der Waals surface area contributed by atoms with E-state index < -0.39 is 0 Å². The van der Waals surface area contributed by atoms with E-state index in [0.717, 1.165) is 36.3 Å². The van der Waals surface area contributed by atoms with Crippen molar-refractivity contribution in [1.29, 1.82) is 0 Å². The van der Waals surface area contributed by atoms with Crippen molar-refractivity contribution >= 4 is 23.7 Å². The molecule has 0 radical (unpaired) electrons. The molecule has 3 rings (SSSR count). The smallest absolute Gasteiger partial charge is 0.246 e. The second kappa shape index (κ2) is 7.99. The number of benzene rings is 1. The molecule has 1 aromatic carbocycles. The van der Waals surface area contributed by atoms with Gasteiger partial charge in [-0.1, -0.05) is 30.3 Å². The van der Waals surface area contributed by atoms with E-state index in [1.165, 1.54) is 0 Å². The lowest BCUT2D eigenvalue weighted by atomic mass is 9.96. The summed E-state index contributed by atoms with van der Waals surface area (Å²) in [5, 5.41) is 7.37. The normalized spacial score (nSPS) is 18.4. The first-order valence-electron chi connectivity index (χ1n) is 9.16. The first-order valence-corrected chi connectivity index (χ1v) is 9.57. The second-order valence-corrected chi connectivity index (χ2v) is 7.55. The number of rotatable bonds is 4. The van der Waals surface area contributed by atoms with Crippen LogP contribution < -0.4 is 0 Å². The third-order valence-corrected chi connectivity index (χ3v) is 5.20. The summed E-state index contributed by atoms with van der Waals surface area (Å²) >= 11 is 5.37. The Balaban J connectivity index is 1.77. The van der Waals surface area contributed by atoms with Crippen LogP contribution in [0.2, 0.25) is 0 Å². The summed E-state index contributed by atoms with van der Waals surface area (Å²) in [6.07, 6.45) is 3.75. The predicted molar refractivity (Wildman–Crippen MR) is 106 cm³/mol. The van der Waals surface area contributed by atoms with Gasteiger partial charge in [-0.2, -0.15) is 5.10 Å². The van der Waals surface area contributed by atoms with E-state index in [1.807, 2.05) is 42.2 Å². The summed E-state index contributed by atoms with van der Waals surface area (Å²) in [6, 6.07) is 10.3. The molecule has 2 aromatic rings. The molecule has 1 aliphatic heterocycles. The summed E-state index contributed by atoms with van der Waals surface area (Å²) < 4.78 is 2.72. The van der Waals surface area contributed by atoms with Crippen molar-refractivity contribution in [1.82, 2.24) is 19.7 Å². The molecular formula is C20H26N4OS. The number of piperidine rings is 1. The van der Waals surface area contributed by atoms with E-state index in [9.17, 15) is 4.79 Å². The number of allylic oxidation sites excluding steroid dienone is 1. The van der Waals surface area contributed by atoms with Gasteiger partial charge in [-0.25, -0.2) is 0 Å². The molecule has 1 aromatic heterocycles. The van der Waals surface area contributed by atoms with Crippen LogP contribution in [-0.2, 0) is 4.79 Å². The van der Waals surface area contributed by atoms with Crippen LogP contribution in [-0.4, -0.2) is 38.7 Å². The van der Waals surface area contributed by atoms with Crippen LogP contribution in [0, 0.1) is 4.77 Å². The van der Waals surface area contributed by atoms with Crippen molar-refractivity contribution in [2.45, 2.75) is 45.6 Å². The number of aromatic nitrogens is 3. The van der Waals surface area contributed by atoms with Crippen LogP contribution in [0.4, 0.5) is 0 Å². The maximum Gasteiger partial charge on any atom is 0.246 e. The highest BCUT2D eigenvalue weighted by molar-refractivity contribution is 7.71. The third kappa shape index (κ3) is 3.96. The highest BCUT2D eigenvalue weighted by atomic mass is 32.1. The molecule has 5 nitrogen and oxygen atoms in total. The van der Waals surface area contributed by atoms with Gasteiger partial charge in [-0.05, 0) is 57.0 Å². The zero-order valence-corrected chi connectivity index (χ0v) is 16.4. The number of carbonyl (C=O) groups is 1. The fourth-order valence-corrected chi connectivity index (χ4v) is 3.90. The molecule has 1 unspecified atom stereocenters. The highest BCUT2D eigenvalue weighted by Gasteiger charge is 2.28. The number of hydrogen-bond acceptors (Lipinski definition) is 3. The van der Waals surface area contributed by atoms with Crippen molar-refractivity contribution in [2.75, 3.05) is 13.1 Å². The molecule has 0 bridgehead atoms. The first-order chi connectivity index (χ1) is 12.5. The molecule has 0 spiro atoms. The van der Waals surface area contributed by atoms with Crippen LogP contribution in [0.1, 0.15) is 57.0 Å². The Hall–Kier alpha value is -2.21. The zero-order chi connectivity index (χ0) is 18.7. The molecule has 0 aliphatic carbocycles. The van der Waals surface area contributed by atoms with Crippen LogP contribution in [0.15, 0.2) is 36.4 Å².